The average Bonchev–Trinajstić information content (AvgIpc) is 2.64. The van der Waals surface area contributed by atoms with Crippen molar-refractivity contribution in [3.05, 3.63) is 0 Å². The lowest BCUT2D eigenvalue weighted by molar-refractivity contribution is -0.0971. The largest absolute Gasteiger partial charge is 0.370 e. The smallest absolute Gasteiger partial charge is 0.0810 e. The lowest BCUT2D eigenvalue weighted by Crippen LogP contribution is -2.43. The van der Waals surface area contributed by atoms with Crippen molar-refractivity contribution in [3.63, 3.8) is 0 Å². The van der Waals surface area contributed by atoms with Crippen molar-refractivity contribution in [3.8, 4) is 0 Å². The zero-order valence-corrected chi connectivity index (χ0v) is 10.8. The highest BCUT2D eigenvalue weighted by Crippen LogP contribution is 2.34. The van der Waals surface area contributed by atoms with Crippen molar-refractivity contribution in [1.29, 1.82) is 0 Å². The highest BCUT2D eigenvalue weighted by atomic mass is 16.5. The van der Waals surface area contributed by atoms with E-state index in [9.17, 15) is 0 Å². The van der Waals surface area contributed by atoms with Crippen LogP contribution in [0.15, 0.2) is 0 Å². The summed E-state index contributed by atoms with van der Waals surface area (Å²) in [5.74, 6) is 0.615. The van der Waals surface area contributed by atoms with E-state index in [1.54, 1.807) is 0 Å². The standard InChI is InChI=1S/C13H27NO/c1-5-14-10-13(8-6-7-9-13)15-12(4)11(2)3/h11-12,14H,5-10H2,1-4H3. The average molecular weight is 213 g/mol. The summed E-state index contributed by atoms with van der Waals surface area (Å²) in [6, 6.07) is 0. The molecule has 0 spiro atoms. The van der Waals surface area contributed by atoms with Crippen LogP contribution in [0.25, 0.3) is 0 Å². The summed E-state index contributed by atoms with van der Waals surface area (Å²) in [4.78, 5) is 0. The molecule has 0 aromatic heterocycles. The molecule has 2 nitrogen and oxygen atoms in total. The summed E-state index contributed by atoms with van der Waals surface area (Å²) in [7, 11) is 0. The summed E-state index contributed by atoms with van der Waals surface area (Å²) in [6.45, 7) is 10.9. The Labute approximate surface area is 94.8 Å². The molecule has 15 heavy (non-hydrogen) atoms. The molecule has 0 heterocycles. The Hall–Kier alpha value is -0.0800. The van der Waals surface area contributed by atoms with E-state index < -0.39 is 0 Å². The van der Waals surface area contributed by atoms with Crippen LogP contribution in [-0.4, -0.2) is 24.8 Å². The molecule has 0 aromatic carbocycles. The normalized spacial score (nSPS) is 22.2. The van der Waals surface area contributed by atoms with Gasteiger partial charge in [0, 0.05) is 6.54 Å². The van der Waals surface area contributed by atoms with Gasteiger partial charge in [0.15, 0.2) is 0 Å². The molecule has 0 aliphatic heterocycles. The summed E-state index contributed by atoms with van der Waals surface area (Å²) >= 11 is 0. The first-order valence-corrected chi connectivity index (χ1v) is 6.48. The Kier molecular flexibility index (Phi) is 5.07. The monoisotopic (exact) mass is 213 g/mol. The van der Waals surface area contributed by atoms with Gasteiger partial charge in [0.05, 0.1) is 11.7 Å². The zero-order valence-electron chi connectivity index (χ0n) is 10.8. The molecule has 0 saturated heterocycles. The van der Waals surface area contributed by atoms with Gasteiger partial charge < -0.3 is 10.1 Å². The van der Waals surface area contributed by atoms with E-state index in [0.717, 1.165) is 13.1 Å². The number of ether oxygens (including phenoxy) is 1. The van der Waals surface area contributed by atoms with Crippen LogP contribution < -0.4 is 5.32 Å². The van der Waals surface area contributed by atoms with E-state index in [1.807, 2.05) is 0 Å². The van der Waals surface area contributed by atoms with Gasteiger partial charge in [-0.2, -0.15) is 0 Å². The third kappa shape index (κ3) is 3.76. The Morgan fingerprint density at radius 2 is 1.80 bits per heavy atom. The molecule has 1 saturated carbocycles. The number of nitrogens with one attached hydrogen (secondary N) is 1. The van der Waals surface area contributed by atoms with Gasteiger partial charge in [-0.1, -0.05) is 33.6 Å². The maximum absolute atomic E-state index is 6.30. The molecule has 90 valence electrons. The number of likely N-dealkylation sites (N-methyl/N-ethyl adjacent to an activating group) is 1. The molecule has 0 bridgehead atoms. The van der Waals surface area contributed by atoms with Gasteiger partial charge in [-0.25, -0.2) is 0 Å². The van der Waals surface area contributed by atoms with Crippen molar-refractivity contribution >= 4 is 0 Å². The zero-order chi connectivity index (χ0) is 11.3. The molecule has 0 amide bonds. The molecule has 1 unspecified atom stereocenters. The van der Waals surface area contributed by atoms with Crippen molar-refractivity contribution in [2.45, 2.75) is 65.1 Å². The third-order valence-corrected chi connectivity index (χ3v) is 3.59. The van der Waals surface area contributed by atoms with Gasteiger partial charge in [0.25, 0.3) is 0 Å². The number of rotatable bonds is 6. The van der Waals surface area contributed by atoms with Crippen LogP contribution in [0.5, 0.6) is 0 Å². The van der Waals surface area contributed by atoms with E-state index in [4.69, 9.17) is 4.74 Å². The minimum atomic E-state index is 0.139. The highest BCUT2D eigenvalue weighted by molar-refractivity contribution is 4.89. The van der Waals surface area contributed by atoms with Crippen LogP contribution in [0.1, 0.15) is 53.4 Å². The van der Waals surface area contributed by atoms with Crippen LogP contribution in [0.2, 0.25) is 0 Å². The third-order valence-electron chi connectivity index (χ3n) is 3.59. The van der Waals surface area contributed by atoms with Gasteiger partial charge >= 0.3 is 0 Å². The fraction of sp³-hybridized carbons (Fsp3) is 1.00. The second-order valence-corrected chi connectivity index (χ2v) is 5.24. The Bertz CT molecular complexity index is 173. The highest BCUT2D eigenvalue weighted by Gasteiger charge is 2.36. The second kappa shape index (κ2) is 5.86. The van der Waals surface area contributed by atoms with Gasteiger partial charge in [-0.05, 0) is 32.2 Å². The maximum atomic E-state index is 6.30. The molecule has 1 rings (SSSR count). The van der Waals surface area contributed by atoms with E-state index in [-0.39, 0.29) is 5.60 Å². The van der Waals surface area contributed by atoms with Gasteiger partial charge in [0.1, 0.15) is 0 Å². The fourth-order valence-electron chi connectivity index (χ4n) is 2.24. The molecule has 1 aliphatic carbocycles. The second-order valence-electron chi connectivity index (χ2n) is 5.24. The van der Waals surface area contributed by atoms with Gasteiger partial charge in [0.2, 0.25) is 0 Å². The molecule has 0 radical (unpaired) electrons. The Morgan fingerprint density at radius 3 is 2.27 bits per heavy atom. The van der Waals surface area contributed by atoms with E-state index >= 15 is 0 Å². The minimum absolute atomic E-state index is 0.139. The van der Waals surface area contributed by atoms with Crippen LogP contribution in [-0.2, 0) is 4.74 Å². The predicted molar refractivity (Wildman–Crippen MR) is 65.1 cm³/mol. The first-order valence-electron chi connectivity index (χ1n) is 6.48. The molecule has 1 N–H and O–H groups in total. The lowest BCUT2D eigenvalue weighted by Gasteiger charge is -2.34. The summed E-state index contributed by atoms with van der Waals surface area (Å²) in [5, 5.41) is 3.45. The van der Waals surface area contributed by atoms with Crippen molar-refractivity contribution < 1.29 is 4.74 Å². The first kappa shape index (κ1) is 13.0. The molecular formula is C13H27NO. The van der Waals surface area contributed by atoms with Crippen molar-refractivity contribution in [2.24, 2.45) is 5.92 Å². The van der Waals surface area contributed by atoms with Crippen molar-refractivity contribution in [1.82, 2.24) is 5.32 Å². The predicted octanol–water partition coefficient (Wildman–Crippen LogP) is 2.97. The molecular weight excluding hydrogens is 186 g/mol. The van der Waals surface area contributed by atoms with Gasteiger partial charge in [-0.3, -0.25) is 0 Å². The Morgan fingerprint density at radius 1 is 1.20 bits per heavy atom. The lowest BCUT2D eigenvalue weighted by atomic mass is 10.00. The number of hydrogen-bond acceptors (Lipinski definition) is 2. The molecule has 2 heteroatoms. The van der Waals surface area contributed by atoms with E-state index in [0.29, 0.717) is 12.0 Å². The summed E-state index contributed by atoms with van der Waals surface area (Å²) < 4.78 is 6.30. The molecule has 1 atom stereocenters. The topological polar surface area (TPSA) is 21.3 Å². The Balaban J connectivity index is 2.49. The van der Waals surface area contributed by atoms with Crippen LogP contribution >= 0.6 is 0 Å². The molecule has 1 aliphatic rings. The minimum Gasteiger partial charge on any atom is -0.370 e. The summed E-state index contributed by atoms with van der Waals surface area (Å²) in [6.07, 6.45) is 5.50. The first-order chi connectivity index (χ1) is 7.09. The van der Waals surface area contributed by atoms with Crippen molar-refractivity contribution in [2.75, 3.05) is 13.1 Å². The van der Waals surface area contributed by atoms with Crippen LogP contribution in [0.4, 0.5) is 0 Å². The van der Waals surface area contributed by atoms with Crippen LogP contribution in [0, 0.1) is 5.92 Å². The maximum Gasteiger partial charge on any atom is 0.0810 e. The fourth-order valence-corrected chi connectivity index (χ4v) is 2.24. The van der Waals surface area contributed by atoms with Crippen LogP contribution in [0.3, 0.4) is 0 Å². The van der Waals surface area contributed by atoms with E-state index in [1.165, 1.54) is 25.7 Å². The summed E-state index contributed by atoms with van der Waals surface area (Å²) in [5.41, 5.74) is 0.139. The number of hydrogen-bond donors (Lipinski definition) is 1. The molecule has 1 fully saturated rings. The quantitative estimate of drug-likeness (QED) is 0.732. The van der Waals surface area contributed by atoms with E-state index in [2.05, 4.69) is 33.0 Å². The SMILES string of the molecule is CCNCC1(OC(C)C(C)C)CCCC1. The van der Waals surface area contributed by atoms with Gasteiger partial charge in [-0.15, -0.1) is 0 Å². The molecule has 0 aromatic rings.